The molecule has 0 spiro atoms. The van der Waals surface area contributed by atoms with Gasteiger partial charge in [0.2, 0.25) is 25.8 Å². The van der Waals surface area contributed by atoms with Gasteiger partial charge in [-0.05, 0) is 37.6 Å². The molecule has 0 bridgehead atoms. The summed E-state index contributed by atoms with van der Waals surface area (Å²) in [7, 11) is -3.74. The van der Waals surface area contributed by atoms with Crippen LogP contribution in [0, 0.1) is 6.92 Å². The molecule has 0 saturated heterocycles. The summed E-state index contributed by atoms with van der Waals surface area (Å²) in [6.07, 6.45) is 0.899. The lowest BCUT2D eigenvalue weighted by Crippen LogP contribution is -2.04. The molecule has 0 N–H and O–H groups in total. The van der Waals surface area contributed by atoms with Gasteiger partial charge in [-0.15, -0.1) is 0 Å². The number of sulfone groups is 1. The lowest BCUT2D eigenvalue weighted by Gasteiger charge is -2.07. The van der Waals surface area contributed by atoms with Gasteiger partial charge in [-0.2, -0.15) is 4.98 Å². The van der Waals surface area contributed by atoms with Gasteiger partial charge in [-0.25, -0.2) is 8.42 Å². The summed E-state index contributed by atoms with van der Waals surface area (Å²) in [6.45, 7) is 6.09. The predicted octanol–water partition coefficient (Wildman–Crippen LogP) is 5.37. The second-order valence-corrected chi connectivity index (χ2v) is 9.41. The van der Waals surface area contributed by atoms with Crippen LogP contribution in [0.3, 0.4) is 0 Å². The number of rotatable bonds is 6. The average Bonchev–Trinajstić information content (AvgIpc) is 3.07. The van der Waals surface area contributed by atoms with Gasteiger partial charge in [0.25, 0.3) is 0 Å². The van der Waals surface area contributed by atoms with Gasteiger partial charge >= 0.3 is 0 Å². The Morgan fingerprint density at radius 2 is 1.73 bits per heavy atom. The van der Waals surface area contributed by atoms with Crippen molar-refractivity contribution in [2.45, 2.75) is 47.5 Å². The lowest BCUT2D eigenvalue weighted by atomic mass is 10.1. The molecule has 1 atom stereocenters. The van der Waals surface area contributed by atoms with Crippen LogP contribution in [0.15, 0.2) is 74.0 Å². The van der Waals surface area contributed by atoms with Gasteiger partial charge in [0.15, 0.2) is 0 Å². The molecule has 0 fully saturated rings. The number of aromatic nitrogens is 1. The third-order valence-electron chi connectivity index (χ3n) is 4.06. The smallest absolute Gasteiger partial charge is 0.228 e. The fraction of sp³-hybridized carbons (Fsp3) is 0.250. The number of hydrogen-bond donors (Lipinski definition) is 0. The molecule has 0 radical (unpaired) electrons. The Labute approximate surface area is 158 Å². The molecule has 6 heteroatoms. The van der Waals surface area contributed by atoms with Crippen LogP contribution in [0.1, 0.15) is 25.8 Å². The van der Waals surface area contributed by atoms with Crippen molar-refractivity contribution in [2.24, 2.45) is 0 Å². The lowest BCUT2D eigenvalue weighted by molar-refractivity contribution is 0.469. The molecule has 1 heterocycles. The third kappa shape index (κ3) is 3.86. The number of nitrogens with zero attached hydrogens (tertiary/aromatic N) is 1. The van der Waals surface area contributed by atoms with Gasteiger partial charge in [-0.1, -0.05) is 61.5 Å². The van der Waals surface area contributed by atoms with Crippen molar-refractivity contribution >= 4 is 21.6 Å². The Hall–Kier alpha value is -2.05. The van der Waals surface area contributed by atoms with Gasteiger partial charge in [0.05, 0.1) is 4.90 Å². The zero-order valence-corrected chi connectivity index (χ0v) is 16.6. The van der Waals surface area contributed by atoms with E-state index >= 15 is 0 Å². The first kappa shape index (κ1) is 18.7. The summed E-state index contributed by atoms with van der Waals surface area (Å²) >= 11 is 1.40. The van der Waals surface area contributed by atoms with E-state index in [0.29, 0.717) is 11.0 Å². The minimum atomic E-state index is -3.74. The van der Waals surface area contributed by atoms with Crippen molar-refractivity contribution in [2.75, 3.05) is 0 Å². The molecule has 0 saturated carbocycles. The predicted molar refractivity (Wildman–Crippen MR) is 104 cm³/mol. The van der Waals surface area contributed by atoms with Crippen molar-refractivity contribution in [3.8, 4) is 11.5 Å². The van der Waals surface area contributed by atoms with Crippen LogP contribution in [0.4, 0.5) is 0 Å². The van der Waals surface area contributed by atoms with Gasteiger partial charge in [0.1, 0.15) is 0 Å². The van der Waals surface area contributed by atoms with Crippen molar-refractivity contribution < 1.29 is 12.8 Å². The van der Waals surface area contributed by atoms with E-state index in [1.165, 1.54) is 11.8 Å². The van der Waals surface area contributed by atoms with Crippen LogP contribution in [0.25, 0.3) is 11.5 Å². The first-order valence-electron chi connectivity index (χ1n) is 8.46. The van der Waals surface area contributed by atoms with Crippen molar-refractivity contribution in [1.82, 2.24) is 4.98 Å². The summed E-state index contributed by atoms with van der Waals surface area (Å²) in [5.74, 6) is 0.324. The molecule has 0 aliphatic heterocycles. The Morgan fingerprint density at radius 1 is 1.08 bits per heavy atom. The fourth-order valence-corrected chi connectivity index (χ4v) is 4.82. The van der Waals surface area contributed by atoms with Crippen molar-refractivity contribution in [1.29, 1.82) is 0 Å². The van der Waals surface area contributed by atoms with E-state index < -0.39 is 9.84 Å². The molecule has 4 nitrogen and oxygen atoms in total. The SMILES string of the molecule is CC[C@@H](C)Sc1oc(-c2ccc(C)cc2)nc1S(=O)(=O)c1ccccc1. The Bertz CT molecular complexity index is 978. The van der Waals surface area contributed by atoms with Crippen LogP contribution < -0.4 is 0 Å². The average molecular weight is 388 g/mol. The molecule has 0 unspecified atom stereocenters. The summed E-state index contributed by atoms with van der Waals surface area (Å²) in [5.41, 5.74) is 1.88. The molecule has 0 aliphatic carbocycles. The zero-order valence-electron chi connectivity index (χ0n) is 15.0. The molecule has 3 rings (SSSR count). The van der Waals surface area contributed by atoms with Crippen LogP contribution in [0.2, 0.25) is 0 Å². The number of thioether (sulfide) groups is 1. The number of benzene rings is 2. The second-order valence-electron chi connectivity index (χ2n) is 6.13. The highest BCUT2D eigenvalue weighted by Gasteiger charge is 2.29. The molecule has 26 heavy (non-hydrogen) atoms. The molecule has 1 aromatic heterocycles. The molecule has 0 amide bonds. The molecule has 0 aliphatic rings. The highest BCUT2D eigenvalue weighted by molar-refractivity contribution is 8.00. The normalized spacial score (nSPS) is 12.9. The van der Waals surface area contributed by atoms with Crippen LogP contribution in [-0.2, 0) is 9.84 Å². The largest absolute Gasteiger partial charge is 0.428 e. The van der Waals surface area contributed by atoms with Crippen molar-refractivity contribution in [3.05, 3.63) is 60.2 Å². The summed E-state index contributed by atoms with van der Waals surface area (Å²) in [5, 5.41) is 0.557. The maximum atomic E-state index is 13.1. The number of aryl methyl sites for hydroxylation is 1. The fourth-order valence-electron chi connectivity index (χ4n) is 2.33. The quantitative estimate of drug-likeness (QED) is 0.532. The summed E-state index contributed by atoms with van der Waals surface area (Å²) < 4.78 is 32.1. The van der Waals surface area contributed by atoms with E-state index in [-0.39, 0.29) is 15.2 Å². The minimum absolute atomic E-state index is 0.00965. The summed E-state index contributed by atoms with van der Waals surface area (Å²) in [6, 6.07) is 16.0. The molecular weight excluding hydrogens is 366 g/mol. The monoisotopic (exact) mass is 387 g/mol. The van der Waals surface area contributed by atoms with E-state index in [4.69, 9.17) is 4.42 Å². The van der Waals surface area contributed by atoms with Crippen LogP contribution in [-0.4, -0.2) is 18.7 Å². The van der Waals surface area contributed by atoms with Crippen LogP contribution in [0.5, 0.6) is 0 Å². The highest BCUT2D eigenvalue weighted by atomic mass is 32.2. The Balaban J connectivity index is 2.12. The van der Waals surface area contributed by atoms with Gasteiger partial charge < -0.3 is 4.42 Å². The maximum absolute atomic E-state index is 13.1. The maximum Gasteiger partial charge on any atom is 0.228 e. The minimum Gasteiger partial charge on any atom is -0.428 e. The van der Waals surface area contributed by atoms with E-state index in [9.17, 15) is 8.42 Å². The zero-order chi connectivity index (χ0) is 18.7. The third-order valence-corrected chi connectivity index (χ3v) is 7.09. The second kappa shape index (κ2) is 7.68. The van der Waals surface area contributed by atoms with Gasteiger partial charge in [0, 0.05) is 10.8 Å². The van der Waals surface area contributed by atoms with Crippen molar-refractivity contribution in [3.63, 3.8) is 0 Å². The Kier molecular flexibility index (Phi) is 5.53. The molecule has 3 aromatic rings. The highest BCUT2D eigenvalue weighted by Crippen LogP contribution is 2.37. The van der Waals surface area contributed by atoms with E-state index in [0.717, 1.165) is 17.5 Å². The van der Waals surface area contributed by atoms with Gasteiger partial charge in [-0.3, -0.25) is 0 Å². The molecular formula is C20H21NO3S2. The standard InChI is InChI=1S/C20H21NO3S2/c1-4-15(3)25-20-19(26(22,23)17-8-6-5-7-9-17)21-18(24-20)16-12-10-14(2)11-13-16/h5-13,15H,4H2,1-3H3/t15-/m1/s1. The number of oxazole rings is 1. The topological polar surface area (TPSA) is 60.2 Å². The van der Waals surface area contributed by atoms with E-state index in [1.807, 2.05) is 38.1 Å². The van der Waals surface area contributed by atoms with Crippen LogP contribution >= 0.6 is 11.8 Å². The first-order valence-corrected chi connectivity index (χ1v) is 10.8. The molecule has 2 aromatic carbocycles. The number of hydrogen-bond acceptors (Lipinski definition) is 5. The van der Waals surface area contributed by atoms with E-state index in [1.54, 1.807) is 30.3 Å². The summed E-state index contributed by atoms with van der Waals surface area (Å²) in [4.78, 5) is 4.59. The first-order chi connectivity index (χ1) is 12.4. The Morgan fingerprint density at radius 3 is 2.35 bits per heavy atom. The van der Waals surface area contributed by atoms with E-state index in [2.05, 4.69) is 11.9 Å². The molecule has 136 valence electrons.